The number of nitrogens with one attached hydrogen (secondary N) is 1. The number of likely N-dealkylation sites (N-methyl/N-ethyl adjacent to an activating group) is 1. The fraction of sp³-hybridized carbons (Fsp3) is 1.00. The molecule has 0 aliphatic carbocycles. The van der Waals surface area contributed by atoms with Gasteiger partial charge in [-0.15, -0.1) is 0 Å². The standard InChI is InChI=1S/C11H24N2O/c1-3-13-8-5-4-6-11(13)10-12-7-9-14-2/h11-12H,3-10H2,1-2H3. The van der Waals surface area contributed by atoms with E-state index in [9.17, 15) is 0 Å². The third-order valence-electron chi connectivity index (χ3n) is 3.02. The molecule has 1 atom stereocenters. The molecule has 3 heteroatoms. The zero-order valence-electron chi connectivity index (χ0n) is 9.59. The van der Waals surface area contributed by atoms with Gasteiger partial charge in [-0.2, -0.15) is 0 Å². The van der Waals surface area contributed by atoms with Gasteiger partial charge in [0.15, 0.2) is 0 Å². The summed E-state index contributed by atoms with van der Waals surface area (Å²) in [6.45, 7) is 7.65. The Morgan fingerprint density at radius 2 is 2.29 bits per heavy atom. The van der Waals surface area contributed by atoms with E-state index in [-0.39, 0.29) is 0 Å². The first-order valence-electron chi connectivity index (χ1n) is 5.82. The van der Waals surface area contributed by atoms with Crippen LogP contribution in [-0.2, 0) is 4.74 Å². The van der Waals surface area contributed by atoms with Crippen LogP contribution in [0.5, 0.6) is 0 Å². The zero-order valence-corrected chi connectivity index (χ0v) is 9.59. The fourth-order valence-corrected chi connectivity index (χ4v) is 2.15. The summed E-state index contributed by atoms with van der Waals surface area (Å²) in [5, 5.41) is 3.45. The third kappa shape index (κ3) is 3.95. The summed E-state index contributed by atoms with van der Waals surface area (Å²) in [5.74, 6) is 0. The van der Waals surface area contributed by atoms with Crippen molar-refractivity contribution in [1.82, 2.24) is 10.2 Å². The van der Waals surface area contributed by atoms with Gasteiger partial charge in [0.25, 0.3) is 0 Å². The van der Waals surface area contributed by atoms with Crippen molar-refractivity contribution in [3.8, 4) is 0 Å². The first-order chi connectivity index (χ1) is 6.88. The van der Waals surface area contributed by atoms with E-state index in [4.69, 9.17) is 4.74 Å². The Kier molecular flexibility index (Phi) is 6.15. The summed E-state index contributed by atoms with van der Waals surface area (Å²) >= 11 is 0. The average Bonchev–Trinajstić information content (AvgIpc) is 2.25. The molecule has 0 aromatic rings. The number of methoxy groups -OCH3 is 1. The van der Waals surface area contributed by atoms with Crippen molar-refractivity contribution in [2.24, 2.45) is 0 Å². The van der Waals surface area contributed by atoms with Crippen molar-refractivity contribution < 1.29 is 4.74 Å². The van der Waals surface area contributed by atoms with E-state index in [0.29, 0.717) is 0 Å². The first-order valence-corrected chi connectivity index (χ1v) is 5.82. The maximum absolute atomic E-state index is 5.01. The summed E-state index contributed by atoms with van der Waals surface area (Å²) in [7, 11) is 1.75. The summed E-state index contributed by atoms with van der Waals surface area (Å²) in [4.78, 5) is 2.59. The molecule has 0 amide bonds. The molecular formula is C11H24N2O. The lowest BCUT2D eigenvalue weighted by Crippen LogP contribution is -2.45. The highest BCUT2D eigenvalue weighted by atomic mass is 16.5. The van der Waals surface area contributed by atoms with Crippen LogP contribution in [0, 0.1) is 0 Å². The van der Waals surface area contributed by atoms with Gasteiger partial charge in [0.1, 0.15) is 0 Å². The van der Waals surface area contributed by atoms with E-state index in [1.54, 1.807) is 7.11 Å². The largest absolute Gasteiger partial charge is 0.383 e. The minimum Gasteiger partial charge on any atom is -0.383 e. The Morgan fingerprint density at radius 3 is 3.00 bits per heavy atom. The number of likely N-dealkylation sites (tertiary alicyclic amines) is 1. The van der Waals surface area contributed by atoms with Crippen molar-refractivity contribution in [2.45, 2.75) is 32.2 Å². The summed E-state index contributed by atoms with van der Waals surface area (Å²) in [6.07, 6.45) is 4.13. The molecule has 14 heavy (non-hydrogen) atoms. The van der Waals surface area contributed by atoms with Gasteiger partial charge in [0, 0.05) is 26.2 Å². The number of nitrogens with zero attached hydrogens (tertiary/aromatic N) is 1. The molecule has 1 aliphatic heterocycles. The minimum atomic E-state index is 0.755. The molecule has 0 saturated carbocycles. The predicted octanol–water partition coefficient (Wildman–Crippen LogP) is 1.10. The second-order valence-electron chi connectivity index (χ2n) is 3.98. The smallest absolute Gasteiger partial charge is 0.0587 e. The van der Waals surface area contributed by atoms with Gasteiger partial charge in [-0.25, -0.2) is 0 Å². The van der Waals surface area contributed by atoms with Gasteiger partial charge >= 0.3 is 0 Å². The highest BCUT2D eigenvalue weighted by Gasteiger charge is 2.19. The molecular weight excluding hydrogens is 176 g/mol. The van der Waals surface area contributed by atoms with E-state index in [0.717, 1.165) is 25.7 Å². The lowest BCUT2D eigenvalue weighted by molar-refractivity contribution is 0.147. The molecule has 0 bridgehead atoms. The lowest BCUT2D eigenvalue weighted by Gasteiger charge is -2.35. The van der Waals surface area contributed by atoms with Crippen LogP contribution < -0.4 is 5.32 Å². The highest BCUT2D eigenvalue weighted by Crippen LogP contribution is 2.15. The summed E-state index contributed by atoms with van der Waals surface area (Å²) < 4.78 is 5.01. The van der Waals surface area contributed by atoms with Crippen LogP contribution in [-0.4, -0.2) is 50.8 Å². The molecule has 0 spiro atoms. The number of rotatable bonds is 6. The monoisotopic (exact) mass is 200 g/mol. The van der Waals surface area contributed by atoms with Crippen LogP contribution in [0.2, 0.25) is 0 Å². The molecule has 0 aromatic carbocycles. The maximum Gasteiger partial charge on any atom is 0.0587 e. The Hall–Kier alpha value is -0.120. The molecule has 1 heterocycles. The Morgan fingerprint density at radius 1 is 1.43 bits per heavy atom. The van der Waals surface area contributed by atoms with E-state index < -0.39 is 0 Å². The number of hydrogen-bond acceptors (Lipinski definition) is 3. The topological polar surface area (TPSA) is 24.5 Å². The van der Waals surface area contributed by atoms with Crippen molar-refractivity contribution in [2.75, 3.05) is 39.9 Å². The normalized spacial score (nSPS) is 24.0. The zero-order chi connectivity index (χ0) is 10.2. The fourth-order valence-electron chi connectivity index (χ4n) is 2.15. The van der Waals surface area contributed by atoms with Crippen LogP contribution in [0.1, 0.15) is 26.2 Å². The molecule has 1 N–H and O–H groups in total. The SMILES string of the molecule is CCN1CCCCC1CNCCOC. The molecule has 1 rings (SSSR count). The second-order valence-corrected chi connectivity index (χ2v) is 3.98. The molecule has 84 valence electrons. The van der Waals surface area contributed by atoms with E-state index in [2.05, 4.69) is 17.1 Å². The molecule has 0 aromatic heterocycles. The van der Waals surface area contributed by atoms with Crippen molar-refractivity contribution in [3.63, 3.8) is 0 Å². The summed E-state index contributed by atoms with van der Waals surface area (Å²) in [6, 6.07) is 0.755. The van der Waals surface area contributed by atoms with Crippen LogP contribution in [0.3, 0.4) is 0 Å². The van der Waals surface area contributed by atoms with Gasteiger partial charge in [0.2, 0.25) is 0 Å². The molecule has 1 unspecified atom stereocenters. The Labute approximate surface area is 87.8 Å². The van der Waals surface area contributed by atoms with Crippen molar-refractivity contribution in [3.05, 3.63) is 0 Å². The van der Waals surface area contributed by atoms with Crippen molar-refractivity contribution >= 4 is 0 Å². The van der Waals surface area contributed by atoms with E-state index >= 15 is 0 Å². The molecule has 0 radical (unpaired) electrons. The second kappa shape index (κ2) is 7.21. The van der Waals surface area contributed by atoms with Crippen molar-refractivity contribution in [1.29, 1.82) is 0 Å². The third-order valence-corrected chi connectivity index (χ3v) is 3.02. The quantitative estimate of drug-likeness (QED) is 0.650. The molecule has 1 saturated heterocycles. The Balaban J connectivity index is 2.13. The van der Waals surface area contributed by atoms with Crippen LogP contribution in [0.25, 0.3) is 0 Å². The van der Waals surface area contributed by atoms with E-state index in [1.165, 1.54) is 32.4 Å². The molecule has 1 fully saturated rings. The Bertz CT molecular complexity index is 141. The number of ether oxygens (including phenoxy) is 1. The maximum atomic E-state index is 5.01. The first kappa shape index (κ1) is 12.0. The van der Waals surface area contributed by atoms with Crippen LogP contribution >= 0.6 is 0 Å². The van der Waals surface area contributed by atoms with Gasteiger partial charge < -0.3 is 10.1 Å². The van der Waals surface area contributed by atoms with Crippen LogP contribution in [0.15, 0.2) is 0 Å². The highest BCUT2D eigenvalue weighted by molar-refractivity contribution is 4.77. The number of piperidine rings is 1. The number of hydrogen-bond donors (Lipinski definition) is 1. The predicted molar refractivity (Wildman–Crippen MR) is 59.6 cm³/mol. The van der Waals surface area contributed by atoms with Gasteiger partial charge in [-0.1, -0.05) is 13.3 Å². The summed E-state index contributed by atoms with van der Waals surface area (Å²) in [5.41, 5.74) is 0. The lowest BCUT2D eigenvalue weighted by atomic mass is 10.0. The van der Waals surface area contributed by atoms with Gasteiger partial charge in [0.05, 0.1) is 6.61 Å². The van der Waals surface area contributed by atoms with Crippen LogP contribution in [0.4, 0.5) is 0 Å². The van der Waals surface area contributed by atoms with Gasteiger partial charge in [-0.3, -0.25) is 4.90 Å². The van der Waals surface area contributed by atoms with E-state index in [1.807, 2.05) is 0 Å². The minimum absolute atomic E-state index is 0.755. The molecule has 3 nitrogen and oxygen atoms in total. The van der Waals surface area contributed by atoms with Gasteiger partial charge in [-0.05, 0) is 25.9 Å². The molecule has 1 aliphatic rings. The average molecular weight is 200 g/mol.